The normalized spacial score (nSPS) is 16.8. The summed E-state index contributed by atoms with van der Waals surface area (Å²) in [4.78, 5) is 32.1. The van der Waals surface area contributed by atoms with Gasteiger partial charge in [-0.2, -0.15) is 0 Å². The lowest BCUT2D eigenvalue weighted by atomic mass is 10.0. The lowest BCUT2D eigenvalue weighted by Gasteiger charge is -2.15. The molecule has 0 saturated heterocycles. The smallest absolute Gasteiger partial charge is 0.333 e. The minimum absolute atomic E-state index is 0.115. The van der Waals surface area contributed by atoms with Crippen molar-refractivity contribution in [1.29, 1.82) is 0 Å². The van der Waals surface area contributed by atoms with Crippen LogP contribution in [-0.4, -0.2) is 29.4 Å². The number of amides is 2. The lowest BCUT2D eigenvalue weighted by Crippen LogP contribution is -2.37. The second kappa shape index (κ2) is 3.26. The lowest BCUT2D eigenvalue weighted by molar-refractivity contribution is -0.133. The third-order valence-corrected chi connectivity index (χ3v) is 1.72. The van der Waals surface area contributed by atoms with E-state index in [4.69, 9.17) is 10.8 Å². The summed E-state index contributed by atoms with van der Waals surface area (Å²) in [6.07, 6.45) is -0.253. The van der Waals surface area contributed by atoms with E-state index in [1.54, 1.807) is 0 Å². The van der Waals surface area contributed by atoms with E-state index in [9.17, 15) is 14.4 Å². The molecule has 0 aliphatic carbocycles. The summed E-state index contributed by atoms with van der Waals surface area (Å²) in [7, 11) is 0. The molecule has 1 rings (SSSR count). The van der Waals surface area contributed by atoms with E-state index >= 15 is 0 Å². The van der Waals surface area contributed by atoms with Crippen molar-refractivity contribution in [2.24, 2.45) is 5.73 Å². The molecule has 1 aliphatic heterocycles. The SMILES string of the molecule is NC(=O)C1=C(C(=O)O)CNC(=O)C1. The summed E-state index contributed by atoms with van der Waals surface area (Å²) in [6, 6.07) is 0. The summed E-state index contributed by atoms with van der Waals surface area (Å²) in [6.45, 7) is -0.146. The number of nitrogens with one attached hydrogen (secondary N) is 1. The number of primary amides is 1. The number of carbonyl (C=O) groups excluding carboxylic acids is 2. The Morgan fingerprint density at radius 1 is 1.38 bits per heavy atom. The number of carboxylic acids is 1. The molecular weight excluding hydrogens is 176 g/mol. The Morgan fingerprint density at radius 3 is 2.46 bits per heavy atom. The van der Waals surface area contributed by atoms with Gasteiger partial charge in [-0.05, 0) is 0 Å². The quantitative estimate of drug-likeness (QED) is 0.478. The first-order valence-corrected chi connectivity index (χ1v) is 3.54. The highest BCUT2D eigenvalue weighted by Gasteiger charge is 2.25. The summed E-state index contributed by atoms with van der Waals surface area (Å²) in [5.74, 6) is -2.47. The van der Waals surface area contributed by atoms with Crippen molar-refractivity contribution in [3.63, 3.8) is 0 Å². The second-order valence-electron chi connectivity index (χ2n) is 2.58. The average Bonchev–Trinajstić information content (AvgIpc) is 2.03. The van der Waals surface area contributed by atoms with Gasteiger partial charge >= 0.3 is 5.97 Å². The number of hydrogen-bond acceptors (Lipinski definition) is 3. The number of hydrogen-bond donors (Lipinski definition) is 3. The van der Waals surface area contributed by atoms with Crippen LogP contribution in [0.4, 0.5) is 0 Å². The number of carboxylic acid groups (broad SMARTS) is 1. The van der Waals surface area contributed by atoms with E-state index in [1.807, 2.05) is 0 Å². The molecule has 0 aromatic heterocycles. The first kappa shape index (κ1) is 9.24. The molecule has 0 bridgehead atoms. The largest absolute Gasteiger partial charge is 0.478 e. The molecule has 6 nitrogen and oxygen atoms in total. The van der Waals surface area contributed by atoms with Crippen LogP contribution in [0, 0.1) is 0 Å². The van der Waals surface area contributed by atoms with Gasteiger partial charge in [-0.15, -0.1) is 0 Å². The van der Waals surface area contributed by atoms with E-state index < -0.39 is 11.9 Å². The standard InChI is InChI=1S/C7H8N2O4/c8-6(11)3-1-5(10)9-2-4(3)7(12)13/h1-2H2,(H2,8,11)(H,9,10)(H,12,13). The van der Waals surface area contributed by atoms with Crippen molar-refractivity contribution in [3.8, 4) is 0 Å². The van der Waals surface area contributed by atoms with Crippen LogP contribution in [-0.2, 0) is 14.4 Å². The highest BCUT2D eigenvalue weighted by atomic mass is 16.4. The van der Waals surface area contributed by atoms with Gasteiger partial charge in [-0.25, -0.2) is 4.79 Å². The van der Waals surface area contributed by atoms with Gasteiger partial charge in [0, 0.05) is 5.57 Å². The summed E-state index contributed by atoms with van der Waals surface area (Å²) < 4.78 is 0. The van der Waals surface area contributed by atoms with E-state index in [2.05, 4.69) is 5.32 Å². The van der Waals surface area contributed by atoms with Crippen LogP contribution in [0.15, 0.2) is 11.1 Å². The molecule has 2 amide bonds. The Kier molecular flexibility index (Phi) is 2.32. The minimum atomic E-state index is -1.23. The van der Waals surface area contributed by atoms with Crippen molar-refractivity contribution in [3.05, 3.63) is 11.1 Å². The molecular formula is C7H8N2O4. The number of rotatable bonds is 2. The highest BCUT2D eigenvalue weighted by Crippen LogP contribution is 2.12. The zero-order valence-electron chi connectivity index (χ0n) is 6.66. The first-order chi connectivity index (χ1) is 6.02. The summed E-state index contributed by atoms with van der Waals surface area (Å²) in [5.41, 5.74) is 4.67. The number of carbonyl (C=O) groups is 3. The van der Waals surface area contributed by atoms with Crippen molar-refractivity contribution in [2.75, 3.05) is 6.54 Å². The van der Waals surface area contributed by atoms with Gasteiger partial charge in [0.2, 0.25) is 11.8 Å². The van der Waals surface area contributed by atoms with Gasteiger partial charge < -0.3 is 16.2 Å². The van der Waals surface area contributed by atoms with E-state index in [0.29, 0.717) is 0 Å². The van der Waals surface area contributed by atoms with Crippen molar-refractivity contribution >= 4 is 17.8 Å². The molecule has 0 unspecified atom stereocenters. The zero-order valence-corrected chi connectivity index (χ0v) is 6.66. The van der Waals surface area contributed by atoms with Gasteiger partial charge in [-0.3, -0.25) is 9.59 Å². The topological polar surface area (TPSA) is 109 Å². The van der Waals surface area contributed by atoms with Crippen LogP contribution >= 0.6 is 0 Å². The molecule has 6 heteroatoms. The molecule has 0 atom stereocenters. The van der Waals surface area contributed by atoms with Crippen LogP contribution in [0.1, 0.15) is 6.42 Å². The molecule has 0 aromatic rings. The van der Waals surface area contributed by atoms with E-state index in [-0.39, 0.29) is 30.0 Å². The van der Waals surface area contributed by atoms with Crippen molar-refractivity contribution in [2.45, 2.75) is 6.42 Å². The fraction of sp³-hybridized carbons (Fsp3) is 0.286. The third-order valence-electron chi connectivity index (χ3n) is 1.72. The van der Waals surface area contributed by atoms with Gasteiger partial charge in [0.15, 0.2) is 0 Å². The molecule has 0 aromatic carbocycles. The monoisotopic (exact) mass is 184 g/mol. The van der Waals surface area contributed by atoms with Gasteiger partial charge in [0.1, 0.15) is 0 Å². The van der Waals surface area contributed by atoms with Crippen molar-refractivity contribution in [1.82, 2.24) is 5.32 Å². The van der Waals surface area contributed by atoms with Crippen LogP contribution in [0.5, 0.6) is 0 Å². The van der Waals surface area contributed by atoms with Gasteiger partial charge in [0.25, 0.3) is 0 Å². The fourth-order valence-corrected chi connectivity index (χ4v) is 1.06. The van der Waals surface area contributed by atoms with Gasteiger partial charge in [-0.1, -0.05) is 0 Å². The highest BCUT2D eigenvalue weighted by molar-refractivity contribution is 6.06. The molecule has 0 saturated carbocycles. The molecule has 1 heterocycles. The Morgan fingerprint density at radius 2 is 2.00 bits per heavy atom. The van der Waals surface area contributed by atoms with E-state index in [0.717, 1.165) is 0 Å². The van der Waals surface area contributed by atoms with E-state index in [1.165, 1.54) is 0 Å². The molecule has 0 spiro atoms. The van der Waals surface area contributed by atoms with Crippen LogP contribution in [0.2, 0.25) is 0 Å². The number of nitrogens with two attached hydrogens (primary N) is 1. The van der Waals surface area contributed by atoms with Crippen LogP contribution in [0.25, 0.3) is 0 Å². The molecule has 0 fully saturated rings. The van der Waals surface area contributed by atoms with Crippen LogP contribution in [0.3, 0.4) is 0 Å². The zero-order chi connectivity index (χ0) is 10.0. The van der Waals surface area contributed by atoms with Crippen LogP contribution < -0.4 is 11.1 Å². The minimum Gasteiger partial charge on any atom is -0.478 e. The predicted octanol–water partition coefficient (Wildman–Crippen LogP) is -1.63. The summed E-state index contributed by atoms with van der Waals surface area (Å²) in [5, 5.41) is 10.9. The maximum Gasteiger partial charge on any atom is 0.333 e. The average molecular weight is 184 g/mol. The maximum absolute atomic E-state index is 10.8. The molecule has 13 heavy (non-hydrogen) atoms. The predicted molar refractivity (Wildman–Crippen MR) is 41.5 cm³/mol. The molecule has 0 radical (unpaired) electrons. The fourth-order valence-electron chi connectivity index (χ4n) is 1.06. The maximum atomic E-state index is 10.8. The Labute approximate surface area is 73.4 Å². The molecule has 70 valence electrons. The van der Waals surface area contributed by atoms with Gasteiger partial charge in [0.05, 0.1) is 18.5 Å². The first-order valence-electron chi connectivity index (χ1n) is 3.54. The molecule has 4 N–H and O–H groups in total. The Bertz CT molecular complexity index is 318. The summed E-state index contributed by atoms with van der Waals surface area (Å²) >= 11 is 0. The van der Waals surface area contributed by atoms with Crippen molar-refractivity contribution < 1.29 is 19.5 Å². The Balaban J connectivity index is 3.07. The molecule has 1 aliphatic rings. The second-order valence-corrected chi connectivity index (χ2v) is 2.58. The third kappa shape index (κ3) is 1.84. The Hall–Kier alpha value is -1.85. The number of aliphatic carboxylic acids is 1.